The third-order valence-corrected chi connectivity index (χ3v) is 3.68. The van der Waals surface area contributed by atoms with Gasteiger partial charge in [0.15, 0.2) is 11.3 Å². The fourth-order valence-electron chi connectivity index (χ4n) is 1.98. The number of nitrogens with one attached hydrogen (secondary N) is 1. The van der Waals surface area contributed by atoms with E-state index in [9.17, 15) is 9.59 Å². The molecule has 1 atom stereocenters. The van der Waals surface area contributed by atoms with Crippen molar-refractivity contribution >= 4 is 40.6 Å². The maximum Gasteiger partial charge on any atom is 0.244 e. The molecule has 1 heterocycles. The van der Waals surface area contributed by atoms with Crippen LogP contribution in [0.25, 0.3) is 10.4 Å². The average Bonchev–Trinajstić information content (AvgIpc) is 2.38. The Balaban J connectivity index is 2.76. The first kappa shape index (κ1) is 13.7. The lowest BCUT2D eigenvalue weighted by atomic mass is 9.83. The van der Waals surface area contributed by atoms with Crippen LogP contribution in [0.5, 0.6) is 0 Å². The van der Waals surface area contributed by atoms with Gasteiger partial charge in [0, 0.05) is 4.91 Å². The van der Waals surface area contributed by atoms with Gasteiger partial charge in [-0.3, -0.25) is 9.59 Å². The molecule has 0 spiro atoms. The second kappa shape index (κ2) is 4.74. The Hall–Kier alpha value is -1.75. The predicted octanol–water partition coefficient (Wildman–Crippen LogP) is 3.59. The highest BCUT2D eigenvalue weighted by molar-refractivity contribution is 6.42. The van der Waals surface area contributed by atoms with Gasteiger partial charge in [-0.05, 0) is 24.1 Å². The lowest BCUT2D eigenvalue weighted by Crippen LogP contribution is -2.51. The summed E-state index contributed by atoms with van der Waals surface area (Å²) in [6, 6.07) is 2.93. The lowest BCUT2D eigenvalue weighted by Gasteiger charge is -2.31. The molecule has 0 bridgehead atoms. The molecule has 0 fully saturated rings. The minimum Gasteiger partial charge on any atom is -0.323 e. The van der Waals surface area contributed by atoms with E-state index < -0.39 is 17.2 Å². The van der Waals surface area contributed by atoms with Crippen LogP contribution in [-0.2, 0) is 4.79 Å². The van der Waals surface area contributed by atoms with E-state index in [1.807, 2.05) is 0 Å². The zero-order chi connectivity index (χ0) is 14.2. The number of halogens is 2. The Bertz CT molecular complexity index is 640. The Kier molecular flexibility index (Phi) is 3.41. The van der Waals surface area contributed by atoms with Crippen LogP contribution in [0.1, 0.15) is 23.7 Å². The van der Waals surface area contributed by atoms with Gasteiger partial charge >= 0.3 is 0 Å². The summed E-state index contributed by atoms with van der Waals surface area (Å²) >= 11 is 11.9. The Labute approximate surface area is 118 Å². The molecule has 2 rings (SSSR count). The zero-order valence-corrected chi connectivity index (χ0v) is 11.3. The quantitative estimate of drug-likeness (QED) is 0.391. The topological polar surface area (TPSA) is 94.9 Å². The molecule has 6 nitrogen and oxygen atoms in total. The van der Waals surface area contributed by atoms with Crippen molar-refractivity contribution in [1.29, 1.82) is 0 Å². The predicted molar refractivity (Wildman–Crippen MR) is 71.6 cm³/mol. The highest BCUT2D eigenvalue weighted by Crippen LogP contribution is 2.40. The molecule has 1 aromatic carbocycles. The van der Waals surface area contributed by atoms with Crippen LogP contribution in [0, 0.1) is 0 Å². The minimum atomic E-state index is -1.81. The van der Waals surface area contributed by atoms with Crippen molar-refractivity contribution in [2.45, 2.75) is 18.9 Å². The molecule has 1 aromatic rings. The summed E-state index contributed by atoms with van der Waals surface area (Å²) in [6.07, 6.45) is 0.0318. The van der Waals surface area contributed by atoms with Crippen LogP contribution in [-0.4, -0.2) is 17.2 Å². The molecule has 1 aliphatic rings. The van der Waals surface area contributed by atoms with E-state index in [0.717, 1.165) is 0 Å². The number of amides is 1. The number of hydrogen-bond acceptors (Lipinski definition) is 3. The number of Topliss-reactive ketones (excluding diaryl/α,β-unsaturated/α-hetero) is 1. The number of carbonyl (C=O) groups excluding carboxylic acids is 2. The molecule has 98 valence electrons. The number of nitrogens with zero attached hydrogens (tertiary/aromatic N) is 3. The molecular weight excluding hydrogens is 291 g/mol. The largest absolute Gasteiger partial charge is 0.323 e. The molecule has 0 saturated carbocycles. The number of benzene rings is 1. The van der Waals surface area contributed by atoms with Gasteiger partial charge in [-0.25, -0.2) is 0 Å². The van der Waals surface area contributed by atoms with E-state index in [1.54, 1.807) is 6.92 Å². The first-order valence-corrected chi connectivity index (χ1v) is 6.14. The fraction of sp³-hybridized carbons (Fsp3) is 0.273. The molecule has 0 saturated heterocycles. The molecule has 0 radical (unpaired) electrons. The molecule has 8 heteroatoms. The smallest absolute Gasteiger partial charge is 0.244 e. The van der Waals surface area contributed by atoms with Crippen molar-refractivity contribution in [3.63, 3.8) is 0 Å². The molecule has 0 aliphatic carbocycles. The van der Waals surface area contributed by atoms with Crippen molar-refractivity contribution in [1.82, 2.24) is 0 Å². The standard InChI is InChI=1S/C11H8Cl2N4O2/c1-2-11(16-17-14)9(18)7-5(12)3-4-6(13)8(7)15-10(11)19/h3-4H,2H2,1H3,(H,15,19). The summed E-state index contributed by atoms with van der Waals surface area (Å²) in [5, 5.41) is 6.22. The Morgan fingerprint density at radius 2 is 2.00 bits per heavy atom. The fourth-order valence-corrected chi connectivity index (χ4v) is 2.43. The first-order chi connectivity index (χ1) is 8.97. The maximum absolute atomic E-state index is 12.5. The summed E-state index contributed by atoms with van der Waals surface area (Å²) in [5.41, 5.74) is 7.01. The average molecular weight is 299 g/mol. The van der Waals surface area contributed by atoms with Gasteiger partial charge in [-0.2, -0.15) is 0 Å². The summed E-state index contributed by atoms with van der Waals surface area (Å²) in [4.78, 5) is 27.1. The van der Waals surface area contributed by atoms with Gasteiger partial charge in [0.1, 0.15) is 0 Å². The molecule has 1 aliphatic heterocycles. The van der Waals surface area contributed by atoms with Gasteiger partial charge in [-0.15, -0.1) is 0 Å². The Morgan fingerprint density at radius 1 is 1.37 bits per heavy atom. The van der Waals surface area contributed by atoms with Crippen LogP contribution in [0.4, 0.5) is 5.69 Å². The number of hydrogen-bond donors (Lipinski definition) is 1. The summed E-state index contributed by atoms with van der Waals surface area (Å²) in [6.45, 7) is 1.58. The highest BCUT2D eigenvalue weighted by Gasteiger charge is 2.49. The molecule has 19 heavy (non-hydrogen) atoms. The van der Waals surface area contributed by atoms with E-state index in [0.29, 0.717) is 0 Å². The van der Waals surface area contributed by atoms with Crippen LogP contribution in [0.3, 0.4) is 0 Å². The van der Waals surface area contributed by atoms with Crippen molar-refractivity contribution < 1.29 is 9.59 Å². The van der Waals surface area contributed by atoms with Crippen LogP contribution >= 0.6 is 23.2 Å². The third-order valence-electron chi connectivity index (χ3n) is 3.05. The molecule has 1 amide bonds. The maximum atomic E-state index is 12.5. The normalized spacial score (nSPS) is 21.4. The number of carbonyl (C=O) groups is 2. The highest BCUT2D eigenvalue weighted by atomic mass is 35.5. The van der Waals surface area contributed by atoms with Gasteiger partial charge < -0.3 is 5.32 Å². The van der Waals surface area contributed by atoms with E-state index in [4.69, 9.17) is 28.7 Å². The number of anilines is 1. The van der Waals surface area contributed by atoms with Crippen molar-refractivity contribution in [2.75, 3.05) is 5.32 Å². The third kappa shape index (κ3) is 1.85. The monoisotopic (exact) mass is 298 g/mol. The second-order valence-electron chi connectivity index (χ2n) is 3.97. The van der Waals surface area contributed by atoms with Crippen molar-refractivity contribution in [3.05, 3.63) is 38.2 Å². The molecular formula is C11H8Cl2N4O2. The summed E-state index contributed by atoms with van der Waals surface area (Å²) in [5.74, 6) is -1.34. The van der Waals surface area contributed by atoms with Gasteiger partial charge in [-0.1, -0.05) is 35.2 Å². The molecule has 1 N–H and O–H groups in total. The minimum absolute atomic E-state index is 0.0318. The van der Waals surface area contributed by atoms with E-state index in [2.05, 4.69) is 15.3 Å². The lowest BCUT2D eigenvalue weighted by molar-refractivity contribution is -0.119. The summed E-state index contributed by atoms with van der Waals surface area (Å²) in [7, 11) is 0. The summed E-state index contributed by atoms with van der Waals surface area (Å²) < 4.78 is 0. The molecule has 1 unspecified atom stereocenters. The van der Waals surface area contributed by atoms with Gasteiger partial charge in [0.05, 0.1) is 21.3 Å². The van der Waals surface area contributed by atoms with E-state index in [-0.39, 0.29) is 27.7 Å². The van der Waals surface area contributed by atoms with Crippen LogP contribution in [0.15, 0.2) is 17.2 Å². The van der Waals surface area contributed by atoms with Gasteiger partial charge in [0.2, 0.25) is 5.91 Å². The number of azide groups is 1. The van der Waals surface area contributed by atoms with Crippen molar-refractivity contribution in [2.24, 2.45) is 5.11 Å². The molecule has 0 aromatic heterocycles. The zero-order valence-electron chi connectivity index (χ0n) is 9.78. The number of fused-ring (bicyclic) bond motifs is 1. The van der Waals surface area contributed by atoms with E-state index in [1.165, 1.54) is 12.1 Å². The van der Waals surface area contributed by atoms with Gasteiger partial charge in [0.25, 0.3) is 0 Å². The number of ketones is 1. The SMILES string of the molecule is CCC1(N=[N+]=[N-])C(=O)Nc2c(Cl)ccc(Cl)c2C1=O. The Morgan fingerprint density at radius 3 is 2.58 bits per heavy atom. The van der Waals surface area contributed by atoms with E-state index >= 15 is 0 Å². The van der Waals surface area contributed by atoms with Crippen molar-refractivity contribution in [3.8, 4) is 0 Å². The second-order valence-corrected chi connectivity index (χ2v) is 4.78. The van der Waals surface area contributed by atoms with Crippen LogP contribution < -0.4 is 5.32 Å². The van der Waals surface area contributed by atoms with Crippen LogP contribution in [0.2, 0.25) is 10.0 Å². The first-order valence-electron chi connectivity index (χ1n) is 5.38. The number of rotatable bonds is 2.